The third-order valence-corrected chi connectivity index (χ3v) is 12.7. The predicted octanol–water partition coefficient (Wildman–Crippen LogP) is 13.8. The number of rotatable bonds is 32. The van der Waals surface area contributed by atoms with Crippen LogP contribution < -0.4 is 5.48 Å². The topological polar surface area (TPSA) is 93.7 Å². The summed E-state index contributed by atoms with van der Waals surface area (Å²) in [5.41, 5.74) is 10.9. The Morgan fingerprint density at radius 3 is 0.946 bits per heavy atom. The van der Waals surface area contributed by atoms with Crippen molar-refractivity contribution in [2.24, 2.45) is 0 Å². The molecule has 0 aliphatic heterocycles. The molecule has 1 N–H and O–H groups in total. The Hall–Kier alpha value is -6.11. The van der Waals surface area contributed by atoms with Crippen LogP contribution in [-0.4, -0.2) is 48.4 Å². The maximum absolute atomic E-state index is 13.0. The lowest BCUT2D eigenvalue weighted by molar-refractivity contribution is -0.173. The zero-order valence-electron chi connectivity index (χ0n) is 43.8. The van der Waals surface area contributed by atoms with E-state index in [1.165, 1.54) is 0 Å². The first-order chi connectivity index (χ1) is 36.5. The van der Waals surface area contributed by atoms with E-state index in [0.29, 0.717) is 59.1 Å². The predicted molar refractivity (Wildman–Crippen MR) is 294 cm³/mol. The first-order valence-corrected chi connectivity index (χ1v) is 26.3. The van der Waals surface area contributed by atoms with Crippen molar-refractivity contribution in [3.63, 3.8) is 0 Å². The number of ketones is 1. The number of carbonyl (C=O) groups excluding carboxylic acids is 1. The van der Waals surface area contributed by atoms with Gasteiger partial charge in [0, 0.05) is 6.42 Å². The highest BCUT2D eigenvalue weighted by atomic mass is 16.6. The molecule has 0 bridgehead atoms. The smallest absolute Gasteiger partial charge is 0.164 e. The number of ether oxygens (including phenoxy) is 6. The third kappa shape index (κ3) is 20.0. The second-order valence-corrected chi connectivity index (χ2v) is 18.2. The summed E-state index contributed by atoms with van der Waals surface area (Å²) in [4.78, 5) is 19.1. The normalized spacial score (nSPS) is 14.1. The molecular weight excluding hydrogens is 923 g/mol. The highest BCUT2D eigenvalue weighted by molar-refractivity contribution is 5.83. The summed E-state index contributed by atoms with van der Waals surface area (Å²) in [6, 6.07) is 70.7. The summed E-state index contributed by atoms with van der Waals surface area (Å²) in [5.74, 6) is 0.0192. The van der Waals surface area contributed by atoms with Gasteiger partial charge in [-0.05, 0) is 58.2 Å². The van der Waals surface area contributed by atoms with Gasteiger partial charge in [-0.15, -0.1) is 0 Å². The number of carbonyl (C=O) groups is 1. The zero-order valence-corrected chi connectivity index (χ0v) is 43.8. The van der Waals surface area contributed by atoms with Crippen molar-refractivity contribution in [3.05, 3.63) is 251 Å². The van der Waals surface area contributed by atoms with E-state index in [1.54, 1.807) is 0 Å². The molecule has 0 saturated carbocycles. The van der Waals surface area contributed by atoms with Crippen LogP contribution in [0.5, 0.6) is 0 Å². The van der Waals surface area contributed by atoms with E-state index < -0.39 is 12.2 Å². The van der Waals surface area contributed by atoms with E-state index in [2.05, 4.69) is 74.8 Å². The van der Waals surface area contributed by atoms with E-state index in [4.69, 9.17) is 33.3 Å². The largest absolute Gasteiger partial charge is 0.371 e. The molecule has 9 heteroatoms. The molecular formula is C65H77NO8. The maximum atomic E-state index is 13.0. The van der Waals surface area contributed by atoms with E-state index in [1.807, 2.05) is 171 Å². The fourth-order valence-electron chi connectivity index (χ4n) is 8.51. The van der Waals surface area contributed by atoms with Gasteiger partial charge < -0.3 is 28.4 Å². The Morgan fingerprint density at radius 1 is 0.338 bits per heavy atom. The lowest BCUT2D eigenvalue weighted by atomic mass is 9.97. The molecule has 0 aromatic heterocycles. The lowest BCUT2D eigenvalue weighted by Gasteiger charge is -2.37. The molecule has 7 aromatic rings. The van der Waals surface area contributed by atoms with Gasteiger partial charge in [0.25, 0.3) is 0 Å². The standard InChI is InChI=1S/C36H43NO4.C29H34O4/c1-3-33(37-41-28-32-23-15-8-16-24-32)35(39-26-30-19-11-6-12-20-30)36(40-27-31-21-13-7-14-22-31)34(4-2)38-25-29-17-9-5-10-18-29;1-3-26(30)28(32-21-24-16-10-6-11-17-24)29(33-22-25-18-12-7-13-19-25)27(4-2)31-20-23-14-8-5-9-15-23/h5-24,33-37H,3-4,25-28H2,1-2H3;5-19,27-29H,3-4,20-22H2,1-2H3/t33?,34-,35+,36-;27-,28+,29-/m11/s1. The van der Waals surface area contributed by atoms with Gasteiger partial charge in [-0.2, -0.15) is 5.48 Å². The molecule has 9 nitrogen and oxygen atoms in total. The van der Waals surface area contributed by atoms with Crippen molar-refractivity contribution >= 4 is 5.78 Å². The molecule has 7 aromatic carbocycles. The molecule has 0 amide bonds. The molecule has 7 atom stereocenters. The monoisotopic (exact) mass is 1000 g/mol. The Bertz CT molecular complexity index is 2490. The first-order valence-electron chi connectivity index (χ1n) is 26.3. The lowest BCUT2D eigenvalue weighted by Crippen LogP contribution is -2.53. The first kappa shape index (κ1) is 57.2. The molecule has 74 heavy (non-hydrogen) atoms. The van der Waals surface area contributed by atoms with Crippen LogP contribution in [0.3, 0.4) is 0 Å². The highest BCUT2D eigenvalue weighted by Crippen LogP contribution is 2.25. The summed E-state index contributed by atoms with van der Waals surface area (Å²) >= 11 is 0. The molecule has 390 valence electrons. The van der Waals surface area contributed by atoms with Crippen LogP contribution in [0.4, 0.5) is 0 Å². The summed E-state index contributed by atoms with van der Waals surface area (Å²) in [5, 5.41) is 0. The third-order valence-electron chi connectivity index (χ3n) is 12.7. The molecule has 0 spiro atoms. The molecule has 0 saturated heterocycles. The van der Waals surface area contributed by atoms with Crippen molar-refractivity contribution in [2.75, 3.05) is 0 Å². The van der Waals surface area contributed by atoms with Crippen molar-refractivity contribution < 1.29 is 38.1 Å². The van der Waals surface area contributed by atoms with E-state index in [-0.39, 0.29) is 36.2 Å². The Morgan fingerprint density at radius 2 is 0.622 bits per heavy atom. The molecule has 1 unspecified atom stereocenters. The van der Waals surface area contributed by atoms with Crippen molar-refractivity contribution in [1.82, 2.24) is 5.48 Å². The minimum atomic E-state index is -0.709. The minimum absolute atomic E-state index is 0.0192. The van der Waals surface area contributed by atoms with Crippen LogP contribution in [0.15, 0.2) is 212 Å². The number of nitrogens with one attached hydrogen (secondary N) is 1. The van der Waals surface area contributed by atoms with Crippen molar-refractivity contribution in [3.8, 4) is 0 Å². The summed E-state index contributed by atoms with van der Waals surface area (Å²) in [6.07, 6.45) is 0.261. The van der Waals surface area contributed by atoms with Gasteiger partial charge in [0.15, 0.2) is 5.78 Å². The summed E-state index contributed by atoms with van der Waals surface area (Å²) in [6.45, 7) is 11.3. The van der Waals surface area contributed by atoms with Gasteiger partial charge in [-0.3, -0.25) is 9.63 Å². The maximum Gasteiger partial charge on any atom is 0.164 e. The van der Waals surface area contributed by atoms with Gasteiger partial charge in [-0.1, -0.05) is 240 Å². The Kier molecular flexibility index (Phi) is 26.0. The van der Waals surface area contributed by atoms with Crippen LogP contribution in [0, 0.1) is 0 Å². The fourth-order valence-corrected chi connectivity index (χ4v) is 8.51. The molecule has 0 aliphatic rings. The van der Waals surface area contributed by atoms with E-state index in [9.17, 15) is 4.79 Å². The molecule has 0 fully saturated rings. The van der Waals surface area contributed by atoms with E-state index in [0.717, 1.165) is 51.8 Å². The summed E-state index contributed by atoms with van der Waals surface area (Å²) < 4.78 is 38.9. The van der Waals surface area contributed by atoms with Gasteiger partial charge in [0.1, 0.15) is 24.4 Å². The fraction of sp³-hybridized carbons (Fsp3) is 0.338. The Balaban J connectivity index is 0.000000247. The van der Waals surface area contributed by atoms with Crippen molar-refractivity contribution in [1.29, 1.82) is 0 Å². The number of hydrogen-bond acceptors (Lipinski definition) is 9. The minimum Gasteiger partial charge on any atom is -0.371 e. The SMILES string of the molecule is CCC(=O)[C@H](OCc1ccccc1)[C@H](OCc1ccccc1)[C@@H](CC)OCc1ccccc1.CCC(NOCc1ccccc1)[C@H](OCc1ccccc1)[C@H](OCc1ccccc1)[C@@H](CC)OCc1ccccc1. The number of hydroxylamine groups is 1. The van der Waals surface area contributed by atoms with Crippen LogP contribution in [0.2, 0.25) is 0 Å². The van der Waals surface area contributed by atoms with Crippen LogP contribution >= 0.6 is 0 Å². The molecule has 0 radical (unpaired) electrons. The average molecular weight is 1000 g/mol. The molecule has 7 rings (SSSR count). The molecule has 0 aliphatic carbocycles. The van der Waals surface area contributed by atoms with Crippen LogP contribution in [0.1, 0.15) is 92.3 Å². The highest BCUT2D eigenvalue weighted by Gasteiger charge is 2.38. The van der Waals surface area contributed by atoms with Gasteiger partial charge in [-0.25, -0.2) is 0 Å². The zero-order chi connectivity index (χ0) is 51.8. The summed E-state index contributed by atoms with van der Waals surface area (Å²) in [7, 11) is 0. The molecule has 0 heterocycles. The number of benzene rings is 7. The second-order valence-electron chi connectivity index (χ2n) is 18.2. The van der Waals surface area contributed by atoms with Crippen molar-refractivity contribution in [2.45, 2.75) is 142 Å². The number of hydrogen-bond donors (Lipinski definition) is 1. The number of Topliss-reactive ketones (excluding diaryl/α,β-unsaturated/α-hetero) is 1. The van der Waals surface area contributed by atoms with Gasteiger partial charge in [0.2, 0.25) is 0 Å². The van der Waals surface area contributed by atoms with E-state index >= 15 is 0 Å². The average Bonchev–Trinajstić information content (AvgIpc) is 3.47. The quantitative estimate of drug-likeness (QED) is 0.0414. The van der Waals surface area contributed by atoms with Gasteiger partial charge >= 0.3 is 0 Å². The Labute approximate surface area is 441 Å². The van der Waals surface area contributed by atoms with Gasteiger partial charge in [0.05, 0.1) is 64.5 Å². The van der Waals surface area contributed by atoms with Crippen LogP contribution in [-0.2, 0) is 84.3 Å². The second kappa shape index (κ2) is 33.7. The van der Waals surface area contributed by atoms with Crippen LogP contribution in [0.25, 0.3) is 0 Å².